The fourth-order valence-corrected chi connectivity index (χ4v) is 5.11. The number of esters is 1. The summed E-state index contributed by atoms with van der Waals surface area (Å²) in [6, 6.07) is 13.3. The standard InChI is InChI=1S/C26H24N2O4S/c1-3-31-26(30)23-20-6-4-5-7-22(20)33-25(23)28-24(29)18(15-27)14-19-12-13-21(32-19)17-10-8-16(2)9-11-17/h8-14H,3-7H2,1-2H3,(H,28,29)/b18-14+. The van der Waals surface area contributed by atoms with E-state index < -0.39 is 11.9 Å². The molecule has 0 fully saturated rings. The summed E-state index contributed by atoms with van der Waals surface area (Å²) in [5, 5.41) is 12.8. The molecule has 1 N–H and O–H groups in total. The van der Waals surface area contributed by atoms with Crippen LogP contribution in [-0.2, 0) is 22.4 Å². The summed E-state index contributed by atoms with van der Waals surface area (Å²) in [5.41, 5.74) is 3.32. The summed E-state index contributed by atoms with van der Waals surface area (Å²) in [6.45, 7) is 4.01. The van der Waals surface area contributed by atoms with Crippen molar-refractivity contribution in [2.45, 2.75) is 39.5 Å². The number of hydrogen-bond acceptors (Lipinski definition) is 6. The molecule has 1 aliphatic rings. The number of anilines is 1. The third kappa shape index (κ3) is 4.91. The first-order valence-corrected chi connectivity index (χ1v) is 11.7. The number of nitrogens with one attached hydrogen (secondary N) is 1. The van der Waals surface area contributed by atoms with E-state index in [4.69, 9.17) is 9.15 Å². The molecular formula is C26H24N2O4S. The molecule has 33 heavy (non-hydrogen) atoms. The van der Waals surface area contributed by atoms with E-state index in [1.807, 2.05) is 37.3 Å². The number of amides is 1. The lowest BCUT2D eigenvalue weighted by Crippen LogP contribution is -2.16. The number of ether oxygens (including phenoxy) is 1. The first kappa shape index (κ1) is 22.6. The predicted octanol–water partition coefficient (Wildman–Crippen LogP) is 5.92. The quantitative estimate of drug-likeness (QED) is 0.280. The molecule has 2 aromatic heterocycles. The zero-order valence-electron chi connectivity index (χ0n) is 18.6. The van der Waals surface area contributed by atoms with Crippen molar-refractivity contribution in [2.75, 3.05) is 11.9 Å². The Labute approximate surface area is 196 Å². The summed E-state index contributed by atoms with van der Waals surface area (Å²) < 4.78 is 11.1. The highest BCUT2D eigenvalue weighted by atomic mass is 32.1. The number of fused-ring (bicyclic) bond motifs is 1. The van der Waals surface area contributed by atoms with Crippen LogP contribution in [0.25, 0.3) is 17.4 Å². The van der Waals surface area contributed by atoms with Gasteiger partial charge in [0.05, 0.1) is 12.2 Å². The molecule has 3 aromatic rings. The monoisotopic (exact) mass is 460 g/mol. The second kappa shape index (κ2) is 9.88. The maximum atomic E-state index is 12.9. The first-order chi connectivity index (χ1) is 16.0. The van der Waals surface area contributed by atoms with Crippen molar-refractivity contribution in [3.05, 3.63) is 69.3 Å². The fourth-order valence-electron chi connectivity index (χ4n) is 3.84. The smallest absolute Gasteiger partial charge is 0.341 e. The fraction of sp³-hybridized carbons (Fsp3) is 0.269. The number of carbonyl (C=O) groups excluding carboxylic acids is 2. The van der Waals surface area contributed by atoms with Crippen molar-refractivity contribution in [2.24, 2.45) is 0 Å². The number of nitriles is 1. The number of benzene rings is 1. The topological polar surface area (TPSA) is 92.3 Å². The van der Waals surface area contributed by atoms with Gasteiger partial charge in [0.2, 0.25) is 0 Å². The summed E-state index contributed by atoms with van der Waals surface area (Å²) in [4.78, 5) is 26.6. The second-order valence-electron chi connectivity index (χ2n) is 7.83. The number of thiophene rings is 1. The van der Waals surface area contributed by atoms with Gasteiger partial charge in [0.1, 0.15) is 28.2 Å². The maximum absolute atomic E-state index is 12.9. The van der Waals surface area contributed by atoms with Gasteiger partial charge >= 0.3 is 5.97 Å². The van der Waals surface area contributed by atoms with E-state index in [1.165, 1.54) is 17.4 Å². The van der Waals surface area contributed by atoms with E-state index >= 15 is 0 Å². The van der Waals surface area contributed by atoms with E-state index in [9.17, 15) is 14.9 Å². The molecule has 7 heteroatoms. The van der Waals surface area contributed by atoms with E-state index in [0.717, 1.165) is 47.3 Å². The molecule has 6 nitrogen and oxygen atoms in total. The van der Waals surface area contributed by atoms with Crippen LogP contribution in [-0.4, -0.2) is 18.5 Å². The molecule has 0 saturated carbocycles. The zero-order valence-corrected chi connectivity index (χ0v) is 19.4. The Kier molecular flexibility index (Phi) is 6.76. The van der Waals surface area contributed by atoms with Crippen LogP contribution in [0.5, 0.6) is 0 Å². The van der Waals surface area contributed by atoms with Gasteiger partial charge in [-0.3, -0.25) is 4.79 Å². The van der Waals surface area contributed by atoms with Crippen LogP contribution in [0.15, 0.2) is 46.4 Å². The zero-order chi connectivity index (χ0) is 23.4. The van der Waals surface area contributed by atoms with Crippen LogP contribution in [0.4, 0.5) is 5.00 Å². The molecule has 0 unspecified atom stereocenters. The second-order valence-corrected chi connectivity index (χ2v) is 8.93. The lowest BCUT2D eigenvalue weighted by molar-refractivity contribution is -0.112. The average molecular weight is 461 g/mol. The molecule has 0 saturated heterocycles. The number of nitrogens with zero attached hydrogens (tertiary/aromatic N) is 1. The minimum absolute atomic E-state index is 0.110. The number of carbonyl (C=O) groups is 2. The Bertz CT molecular complexity index is 1260. The SMILES string of the molecule is CCOC(=O)c1c(NC(=O)/C(C#N)=C/c2ccc(-c3ccc(C)cc3)o2)sc2c1CCCC2. The van der Waals surface area contributed by atoms with Crippen molar-refractivity contribution in [1.29, 1.82) is 5.26 Å². The lowest BCUT2D eigenvalue weighted by Gasteiger charge is -2.12. The predicted molar refractivity (Wildman–Crippen MR) is 128 cm³/mol. The lowest BCUT2D eigenvalue weighted by atomic mass is 9.95. The average Bonchev–Trinajstić information content (AvgIpc) is 3.42. The van der Waals surface area contributed by atoms with E-state index in [1.54, 1.807) is 19.1 Å². The molecule has 1 aromatic carbocycles. The Hall–Kier alpha value is -3.63. The molecular weight excluding hydrogens is 436 g/mol. The minimum Gasteiger partial charge on any atom is -0.462 e. The summed E-state index contributed by atoms with van der Waals surface area (Å²) in [6.07, 6.45) is 5.11. The molecule has 1 aliphatic carbocycles. The molecule has 0 spiro atoms. The van der Waals surface area contributed by atoms with Crippen LogP contribution in [0.2, 0.25) is 0 Å². The van der Waals surface area contributed by atoms with Gasteiger partial charge in [-0.1, -0.05) is 29.8 Å². The van der Waals surface area contributed by atoms with Gasteiger partial charge in [-0.15, -0.1) is 11.3 Å². The third-order valence-electron chi connectivity index (χ3n) is 5.49. The Morgan fingerprint density at radius 2 is 1.94 bits per heavy atom. The van der Waals surface area contributed by atoms with Crippen LogP contribution >= 0.6 is 11.3 Å². The number of furan rings is 1. The van der Waals surface area contributed by atoms with Gasteiger partial charge in [-0.25, -0.2) is 4.79 Å². The molecule has 0 aliphatic heterocycles. The summed E-state index contributed by atoms with van der Waals surface area (Å²) in [7, 11) is 0. The Balaban J connectivity index is 1.58. The highest BCUT2D eigenvalue weighted by Crippen LogP contribution is 2.39. The first-order valence-electron chi connectivity index (χ1n) is 10.9. The van der Waals surface area contributed by atoms with E-state index in [0.29, 0.717) is 22.1 Å². The van der Waals surface area contributed by atoms with Gasteiger partial charge < -0.3 is 14.5 Å². The Morgan fingerprint density at radius 3 is 2.67 bits per heavy atom. The van der Waals surface area contributed by atoms with Crippen LogP contribution in [0.1, 0.15) is 51.9 Å². The highest BCUT2D eigenvalue weighted by Gasteiger charge is 2.27. The number of hydrogen-bond donors (Lipinski definition) is 1. The highest BCUT2D eigenvalue weighted by molar-refractivity contribution is 7.17. The van der Waals surface area contributed by atoms with Crippen molar-refractivity contribution < 1.29 is 18.7 Å². The normalized spacial score (nSPS) is 13.2. The van der Waals surface area contributed by atoms with Crippen LogP contribution < -0.4 is 5.32 Å². The van der Waals surface area contributed by atoms with Crippen molar-refractivity contribution >= 4 is 34.3 Å². The maximum Gasteiger partial charge on any atom is 0.341 e. The molecule has 4 rings (SSSR count). The molecule has 2 heterocycles. The summed E-state index contributed by atoms with van der Waals surface area (Å²) >= 11 is 1.39. The van der Waals surface area contributed by atoms with Gasteiger partial charge in [0.25, 0.3) is 5.91 Å². The van der Waals surface area contributed by atoms with Gasteiger partial charge in [-0.05, 0) is 57.2 Å². The molecule has 0 radical (unpaired) electrons. The summed E-state index contributed by atoms with van der Waals surface area (Å²) in [5.74, 6) is 0.0150. The van der Waals surface area contributed by atoms with Gasteiger partial charge in [0.15, 0.2) is 0 Å². The largest absolute Gasteiger partial charge is 0.462 e. The van der Waals surface area contributed by atoms with Crippen molar-refractivity contribution in [3.63, 3.8) is 0 Å². The van der Waals surface area contributed by atoms with E-state index in [-0.39, 0.29) is 12.2 Å². The molecule has 0 atom stereocenters. The van der Waals surface area contributed by atoms with Gasteiger partial charge in [-0.2, -0.15) is 5.26 Å². The number of aryl methyl sites for hydroxylation is 2. The van der Waals surface area contributed by atoms with Crippen LogP contribution in [0.3, 0.4) is 0 Å². The van der Waals surface area contributed by atoms with Gasteiger partial charge in [0, 0.05) is 16.5 Å². The molecule has 1 amide bonds. The Morgan fingerprint density at radius 1 is 1.18 bits per heavy atom. The van der Waals surface area contributed by atoms with E-state index in [2.05, 4.69) is 5.32 Å². The van der Waals surface area contributed by atoms with Crippen molar-refractivity contribution in [3.8, 4) is 17.4 Å². The van der Waals surface area contributed by atoms with Crippen LogP contribution in [0, 0.1) is 18.3 Å². The minimum atomic E-state index is -0.588. The third-order valence-corrected chi connectivity index (χ3v) is 6.70. The number of rotatable bonds is 6. The molecule has 0 bridgehead atoms. The van der Waals surface area contributed by atoms with Crippen molar-refractivity contribution in [1.82, 2.24) is 0 Å². The molecule has 168 valence electrons.